The summed E-state index contributed by atoms with van der Waals surface area (Å²) in [5, 5.41) is 20.0. The predicted octanol–water partition coefficient (Wildman–Crippen LogP) is 3.77. The zero-order valence-corrected chi connectivity index (χ0v) is 19.2. The van der Waals surface area contributed by atoms with E-state index >= 15 is 0 Å². The lowest BCUT2D eigenvalue weighted by molar-refractivity contribution is 0.122. The molecule has 1 aliphatic rings. The molecule has 0 bridgehead atoms. The molecule has 10 nitrogen and oxygen atoms in total. The van der Waals surface area contributed by atoms with Gasteiger partial charge in [-0.15, -0.1) is 0 Å². The van der Waals surface area contributed by atoms with Gasteiger partial charge in [-0.25, -0.2) is 5.43 Å². The second kappa shape index (κ2) is 10.2. The Bertz CT molecular complexity index is 1350. The van der Waals surface area contributed by atoms with Crippen LogP contribution >= 0.6 is 0 Å². The van der Waals surface area contributed by atoms with Gasteiger partial charge in [0, 0.05) is 29.7 Å². The SMILES string of the molecule is COc1cccc(C=NNc2nc(Nc3cccc4ccccc34)nc(N3CCOCC3)n2)c1O. The van der Waals surface area contributed by atoms with Gasteiger partial charge in [0.25, 0.3) is 0 Å². The number of morpholine rings is 1. The number of benzene rings is 3. The highest BCUT2D eigenvalue weighted by atomic mass is 16.5. The van der Waals surface area contributed by atoms with E-state index in [1.807, 2.05) is 35.2 Å². The van der Waals surface area contributed by atoms with E-state index in [-0.39, 0.29) is 11.7 Å². The molecule has 0 atom stereocenters. The van der Waals surface area contributed by atoms with Crippen LogP contribution in [0.15, 0.2) is 65.8 Å². The van der Waals surface area contributed by atoms with E-state index in [0.717, 1.165) is 16.5 Å². The highest BCUT2D eigenvalue weighted by molar-refractivity contribution is 5.95. The molecule has 0 unspecified atom stereocenters. The summed E-state index contributed by atoms with van der Waals surface area (Å²) in [6, 6.07) is 19.3. The van der Waals surface area contributed by atoms with Gasteiger partial charge in [-0.1, -0.05) is 42.5 Å². The Labute approximate surface area is 202 Å². The van der Waals surface area contributed by atoms with Crippen molar-refractivity contribution in [2.75, 3.05) is 49.1 Å². The summed E-state index contributed by atoms with van der Waals surface area (Å²) in [6.45, 7) is 2.57. The summed E-state index contributed by atoms with van der Waals surface area (Å²) in [5.41, 5.74) is 4.24. The molecule has 0 saturated carbocycles. The Balaban J connectivity index is 1.44. The molecule has 35 heavy (non-hydrogen) atoms. The zero-order chi connectivity index (χ0) is 24.0. The third-order valence-electron chi connectivity index (χ3n) is 5.57. The van der Waals surface area contributed by atoms with Crippen molar-refractivity contribution >= 4 is 40.5 Å². The molecule has 178 valence electrons. The number of fused-ring (bicyclic) bond motifs is 1. The van der Waals surface area contributed by atoms with Crippen LogP contribution in [0.1, 0.15) is 5.56 Å². The van der Waals surface area contributed by atoms with Crippen LogP contribution in [0.25, 0.3) is 10.8 Å². The Morgan fingerprint density at radius 1 is 0.971 bits per heavy atom. The second-order valence-corrected chi connectivity index (χ2v) is 7.80. The van der Waals surface area contributed by atoms with Gasteiger partial charge in [0.2, 0.25) is 17.8 Å². The minimum Gasteiger partial charge on any atom is -0.504 e. The molecule has 4 aromatic rings. The molecule has 5 rings (SSSR count). The fourth-order valence-corrected chi connectivity index (χ4v) is 3.80. The third kappa shape index (κ3) is 5.07. The lowest BCUT2D eigenvalue weighted by atomic mass is 10.1. The molecule has 3 N–H and O–H groups in total. The maximum Gasteiger partial charge on any atom is 0.250 e. The van der Waals surface area contributed by atoms with Crippen LogP contribution in [0, 0.1) is 0 Å². The minimum absolute atomic E-state index is 0.00325. The van der Waals surface area contributed by atoms with E-state index in [1.54, 1.807) is 18.2 Å². The Hall–Kier alpha value is -4.44. The number of phenolic OH excluding ortho intramolecular Hbond substituents is 1. The Morgan fingerprint density at radius 2 is 1.74 bits per heavy atom. The van der Waals surface area contributed by atoms with Gasteiger partial charge < -0.3 is 24.8 Å². The first kappa shape index (κ1) is 22.4. The van der Waals surface area contributed by atoms with E-state index < -0.39 is 0 Å². The highest BCUT2D eigenvalue weighted by Crippen LogP contribution is 2.28. The van der Waals surface area contributed by atoms with Crippen molar-refractivity contribution in [3.8, 4) is 11.5 Å². The molecule has 1 aromatic heterocycles. The molecule has 0 spiro atoms. The number of aromatic nitrogens is 3. The molecular weight excluding hydrogens is 446 g/mol. The van der Waals surface area contributed by atoms with Gasteiger partial charge in [-0.05, 0) is 23.6 Å². The van der Waals surface area contributed by atoms with Crippen LogP contribution < -0.4 is 20.4 Å². The van der Waals surface area contributed by atoms with Crippen molar-refractivity contribution in [2.24, 2.45) is 5.10 Å². The van der Waals surface area contributed by atoms with E-state index in [0.29, 0.717) is 49.5 Å². The number of hydrogen-bond donors (Lipinski definition) is 3. The van der Waals surface area contributed by atoms with Crippen molar-refractivity contribution in [3.05, 3.63) is 66.2 Å². The molecule has 0 aliphatic carbocycles. The Kier molecular flexibility index (Phi) is 6.53. The molecule has 1 aliphatic heterocycles. The lowest BCUT2D eigenvalue weighted by Gasteiger charge is -2.27. The number of ether oxygens (including phenoxy) is 2. The number of anilines is 4. The summed E-state index contributed by atoms with van der Waals surface area (Å²) in [4.78, 5) is 15.8. The second-order valence-electron chi connectivity index (χ2n) is 7.80. The largest absolute Gasteiger partial charge is 0.504 e. The summed E-state index contributed by atoms with van der Waals surface area (Å²) < 4.78 is 10.6. The van der Waals surface area contributed by atoms with Crippen molar-refractivity contribution < 1.29 is 14.6 Å². The number of hydrazone groups is 1. The van der Waals surface area contributed by atoms with Crippen molar-refractivity contribution in [3.63, 3.8) is 0 Å². The topological polar surface area (TPSA) is 117 Å². The maximum atomic E-state index is 10.3. The average Bonchev–Trinajstić information content (AvgIpc) is 2.90. The van der Waals surface area contributed by atoms with Gasteiger partial charge >= 0.3 is 0 Å². The van der Waals surface area contributed by atoms with E-state index in [2.05, 4.69) is 42.9 Å². The quantitative estimate of drug-likeness (QED) is 0.273. The summed E-state index contributed by atoms with van der Waals surface area (Å²) in [5.74, 6) is 1.55. The number of nitrogens with zero attached hydrogens (tertiary/aromatic N) is 5. The van der Waals surface area contributed by atoms with E-state index in [1.165, 1.54) is 13.3 Å². The summed E-state index contributed by atoms with van der Waals surface area (Å²) in [6.07, 6.45) is 1.48. The predicted molar refractivity (Wildman–Crippen MR) is 136 cm³/mol. The number of rotatable bonds is 7. The first-order valence-electron chi connectivity index (χ1n) is 11.2. The normalized spacial score (nSPS) is 13.8. The van der Waals surface area contributed by atoms with Gasteiger partial charge in [0.15, 0.2) is 11.5 Å². The molecule has 0 radical (unpaired) electrons. The van der Waals surface area contributed by atoms with Crippen LogP contribution in [-0.4, -0.2) is 59.7 Å². The molecule has 2 heterocycles. The number of aromatic hydroxyl groups is 1. The fraction of sp³-hybridized carbons (Fsp3) is 0.200. The molecule has 1 fully saturated rings. The number of para-hydroxylation sites is 1. The first-order chi connectivity index (χ1) is 17.2. The molecular formula is C25H25N7O3. The van der Waals surface area contributed by atoms with Crippen LogP contribution in [0.2, 0.25) is 0 Å². The number of methoxy groups -OCH3 is 1. The van der Waals surface area contributed by atoms with E-state index in [4.69, 9.17) is 9.47 Å². The van der Waals surface area contributed by atoms with E-state index in [9.17, 15) is 5.11 Å². The van der Waals surface area contributed by atoms with Crippen LogP contribution in [0.3, 0.4) is 0 Å². The van der Waals surface area contributed by atoms with Crippen LogP contribution in [-0.2, 0) is 4.74 Å². The number of phenols is 1. The summed E-state index contributed by atoms with van der Waals surface area (Å²) in [7, 11) is 1.50. The van der Waals surface area contributed by atoms with Gasteiger partial charge in [0.1, 0.15) is 0 Å². The minimum atomic E-state index is 0.00325. The van der Waals surface area contributed by atoms with Crippen LogP contribution in [0.5, 0.6) is 11.5 Å². The third-order valence-corrected chi connectivity index (χ3v) is 5.57. The summed E-state index contributed by atoms with van der Waals surface area (Å²) >= 11 is 0. The van der Waals surface area contributed by atoms with Gasteiger partial charge in [0.05, 0.1) is 26.5 Å². The Morgan fingerprint density at radius 3 is 2.60 bits per heavy atom. The monoisotopic (exact) mass is 471 g/mol. The lowest BCUT2D eigenvalue weighted by Crippen LogP contribution is -2.37. The molecule has 3 aromatic carbocycles. The average molecular weight is 472 g/mol. The van der Waals surface area contributed by atoms with Crippen LogP contribution in [0.4, 0.5) is 23.5 Å². The number of hydrogen-bond acceptors (Lipinski definition) is 10. The van der Waals surface area contributed by atoms with Gasteiger partial charge in [-0.2, -0.15) is 20.1 Å². The first-order valence-corrected chi connectivity index (χ1v) is 11.2. The molecule has 10 heteroatoms. The molecule has 0 amide bonds. The molecule has 1 saturated heterocycles. The smallest absolute Gasteiger partial charge is 0.250 e. The van der Waals surface area contributed by atoms with Crippen molar-refractivity contribution in [1.82, 2.24) is 15.0 Å². The zero-order valence-electron chi connectivity index (χ0n) is 19.2. The van der Waals surface area contributed by atoms with Crippen molar-refractivity contribution in [1.29, 1.82) is 0 Å². The maximum absolute atomic E-state index is 10.3. The number of nitrogens with one attached hydrogen (secondary N) is 2. The van der Waals surface area contributed by atoms with Gasteiger partial charge in [-0.3, -0.25) is 0 Å². The highest BCUT2D eigenvalue weighted by Gasteiger charge is 2.17. The fourth-order valence-electron chi connectivity index (χ4n) is 3.80. The van der Waals surface area contributed by atoms with Crippen molar-refractivity contribution in [2.45, 2.75) is 0 Å². The standard InChI is InChI=1S/C25H25N7O3/c1-34-21-11-5-8-18(22(21)33)16-26-31-24-28-23(29-25(30-24)32-12-14-35-15-13-32)27-20-10-4-7-17-6-2-3-9-19(17)20/h2-11,16,33H,12-15H2,1H3,(H2,27,28,29,30,31).